The van der Waals surface area contributed by atoms with Crippen molar-refractivity contribution in [2.45, 2.75) is 33.7 Å². The average molecular weight is 222 g/mol. The number of nitrogens with zero attached hydrogens (tertiary/aromatic N) is 1. The summed E-state index contributed by atoms with van der Waals surface area (Å²) in [5.74, 6) is -0.268. The lowest BCUT2D eigenvalue weighted by Crippen LogP contribution is -2.31. The van der Waals surface area contributed by atoms with Gasteiger partial charge in [-0.05, 0) is 25.8 Å². The largest absolute Gasteiger partial charge is 0.368 e. The fourth-order valence-corrected chi connectivity index (χ4v) is 2.10. The highest BCUT2D eigenvalue weighted by molar-refractivity contribution is 5.81. The van der Waals surface area contributed by atoms with Crippen LogP contribution in [-0.4, -0.2) is 16.8 Å². The number of nitrogens with two attached hydrogens (primary N) is 1. The number of aryl methyl sites for hydroxylation is 1. The summed E-state index contributed by atoms with van der Waals surface area (Å²) in [5.41, 5.74) is 7.71. The van der Waals surface area contributed by atoms with E-state index in [2.05, 4.69) is 0 Å². The van der Waals surface area contributed by atoms with Crippen molar-refractivity contribution in [1.82, 2.24) is 4.57 Å². The maximum atomic E-state index is 11.5. The van der Waals surface area contributed by atoms with Gasteiger partial charge in [0.15, 0.2) is 6.29 Å². The van der Waals surface area contributed by atoms with Crippen LogP contribution in [-0.2, 0) is 4.79 Å². The van der Waals surface area contributed by atoms with Gasteiger partial charge in [-0.15, -0.1) is 0 Å². The molecule has 4 heteroatoms. The van der Waals surface area contributed by atoms with Gasteiger partial charge in [0.2, 0.25) is 5.91 Å². The summed E-state index contributed by atoms with van der Waals surface area (Å²) in [5, 5.41) is 0. The summed E-state index contributed by atoms with van der Waals surface area (Å²) in [6, 6.07) is 1.38. The van der Waals surface area contributed by atoms with Crippen LogP contribution < -0.4 is 5.73 Å². The second-order valence-corrected chi connectivity index (χ2v) is 4.41. The molecule has 0 aromatic carbocycles. The Bertz CT molecular complexity index is 419. The number of primary amides is 1. The molecule has 16 heavy (non-hydrogen) atoms. The Morgan fingerprint density at radius 1 is 1.44 bits per heavy atom. The van der Waals surface area contributed by atoms with Crippen molar-refractivity contribution >= 4 is 12.2 Å². The van der Waals surface area contributed by atoms with E-state index in [4.69, 9.17) is 5.73 Å². The van der Waals surface area contributed by atoms with Gasteiger partial charge in [-0.1, -0.05) is 13.8 Å². The SMILES string of the molecule is Cc1cc(C=O)c(C)n1C(C(N)=O)C(C)C. The molecule has 0 radical (unpaired) electrons. The molecule has 1 aromatic rings. The normalized spacial score (nSPS) is 12.8. The van der Waals surface area contributed by atoms with E-state index < -0.39 is 6.04 Å². The molecule has 1 unspecified atom stereocenters. The first-order valence-electron chi connectivity index (χ1n) is 5.33. The lowest BCUT2D eigenvalue weighted by Gasteiger charge is -2.23. The summed E-state index contributed by atoms with van der Waals surface area (Å²) in [6.45, 7) is 7.58. The standard InChI is InChI=1S/C12H18N2O2/c1-7(2)11(12(13)16)14-8(3)5-10(6-15)9(14)4/h5-7,11H,1-4H3,(H2,13,16). The van der Waals surface area contributed by atoms with E-state index in [-0.39, 0.29) is 11.8 Å². The predicted octanol–water partition coefficient (Wildman–Crippen LogP) is 1.60. The van der Waals surface area contributed by atoms with Crippen LogP contribution in [0.15, 0.2) is 6.07 Å². The molecule has 4 nitrogen and oxygen atoms in total. The second kappa shape index (κ2) is 4.51. The number of amides is 1. The Balaban J connectivity index is 3.34. The number of carbonyl (C=O) groups excluding carboxylic acids is 2. The highest BCUT2D eigenvalue weighted by atomic mass is 16.1. The van der Waals surface area contributed by atoms with Crippen LogP contribution in [0.25, 0.3) is 0 Å². The first-order valence-corrected chi connectivity index (χ1v) is 5.33. The van der Waals surface area contributed by atoms with E-state index in [1.54, 1.807) is 6.07 Å². The van der Waals surface area contributed by atoms with Crippen molar-refractivity contribution in [3.05, 3.63) is 23.0 Å². The minimum absolute atomic E-state index is 0.0989. The first-order chi connectivity index (χ1) is 7.40. The number of rotatable bonds is 4. The third kappa shape index (κ3) is 2.01. The Hall–Kier alpha value is -1.58. The quantitative estimate of drug-likeness (QED) is 0.786. The topological polar surface area (TPSA) is 65.1 Å². The van der Waals surface area contributed by atoms with Crippen molar-refractivity contribution < 1.29 is 9.59 Å². The van der Waals surface area contributed by atoms with Crippen molar-refractivity contribution in [2.24, 2.45) is 11.7 Å². The minimum Gasteiger partial charge on any atom is -0.368 e. The van der Waals surface area contributed by atoms with Crippen LogP contribution in [0.4, 0.5) is 0 Å². The summed E-state index contributed by atoms with van der Waals surface area (Å²) >= 11 is 0. The molecule has 2 N–H and O–H groups in total. The monoisotopic (exact) mass is 222 g/mol. The van der Waals surface area contributed by atoms with E-state index in [0.717, 1.165) is 17.7 Å². The van der Waals surface area contributed by atoms with Crippen LogP contribution in [0.5, 0.6) is 0 Å². The highest BCUT2D eigenvalue weighted by Crippen LogP contribution is 2.24. The molecule has 1 aromatic heterocycles. The van der Waals surface area contributed by atoms with Gasteiger partial charge in [0.05, 0.1) is 0 Å². The molecule has 0 aliphatic rings. The van der Waals surface area contributed by atoms with Gasteiger partial charge in [-0.25, -0.2) is 0 Å². The Morgan fingerprint density at radius 2 is 2.00 bits per heavy atom. The van der Waals surface area contributed by atoms with Crippen molar-refractivity contribution in [3.8, 4) is 0 Å². The van der Waals surface area contributed by atoms with Crippen molar-refractivity contribution in [3.63, 3.8) is 0 Å². The van der Waals surface area contributed by atoms with Gasteiger partial charge in [0.1, 0.15) is 6.04 Å². The molecule has 0 bridgehead atoms. The first kappa shape index (κ1) is 12.5. The molecule has 1 rings (SSSR count). The van der Waals surface area contributed by atoms with Gasteiger partial charge in [-0.3, -0.25) is 9.59 Å². The van der Waals surface area contributed by atoms with Gasteiger partial charge in [0.25, 0.3) is 0 Å². The maximum Gasteiger partial charge on any atom is 0.240 e. The molecule has 0 saturated heterocycles. The number of carbonyl (C=O) groups is 2. The fourth-order valence-electron chi connectivity index (χ4n) is 2.10. The zero-order valence-corrected chi connectivity index (χ0v) is 10.2. The van der Waals surface area contributed by atoms with Crippen LogP contribution >= 0.6 is 0 Å². The van der Waals surface area contributed by atoms with Gasteiger partial charge < -0.3 is 10.3 Å². The highest BCUT2D eigenvalue weighted by Gasteiger charge is 2.25. The van der Waals surface area contributed by atoms with E-state index in [1.165, 1.54) is 0 Å². The second-order valence-electron chi connectivity index (χ2n) is 4.41. The summed E-state index contributed by atoms with van der Waals surface area (Å²) in [4.78, 5) is 22.3. The fraction of sp³-hybridized carbons (Fsp3) is 0.500. The molecule has 0 aliphatic carbocycles. The van der Waals surface area contributed by atoms with Crippen LogP contribution in [0.1, 0.15) is 41.6 Å². The van der Waals surface area contributed by atoms with E-state index in [0.29, 0.717) is 5.56 Å². The average Bonchev–Trinajstić information content (AvgIpc) is 2.44. The molecule has 1 heterocycles. The molecule has 0 saturated carbocycles. The summed E-state index contributed by atoms with van der Waals surface area (Å²) in [6.07, 6.45) is 0.803. The number of hydrogen-bond donors (Lipinski definition) is 1. The lowest BCUT2D eigenvalue weighted by atomic mass is 10.0. The molecular formula is C12H18N2O2. The summed E-state index contributed by atoms with van der Waals surface area (Å²) < 4.78 is 1.84. The zero-order valence-electron chi connectivity index (χ0n) is 10.2. The Morgan fingerprint density at radius 3 is 2.31 bits per heavy atom. The van der Waals surface area contributed by atoms with Crippen molar-refractivity contribution in [2.75, 3.05) is 0 Å². The maximum absolute atomic E-state index is 11.5. The van der Waals surface area contributed by atoms with E-state index >= 15 is 0 Å². The lowest BCUT2D eigenvalue weighted by molar-refractivity contribution is -0.122. The molecular weight excluding hydrogens is 204 g/mol. The Kier molecular flexibility index (Phi) is 3.52. The minimum atomic E-state index is -0.395. The molecule has 1 atom stereocenters. The molecule has 1 amide bonds. The molecule has 88 valence electrons. The smallest absolute Gasteiger partial charge is 0.240 e. The van der Waals surface area contributed by atoms with Crippen LogP contribution in [0.3, 0.4) is 0 Å². The Labute approximate surface area is 95.4 Å². The number of aromatic nitrogens is 1. The van der Waals surface area contributed by atoms with Gasteiger partial charge >= 0.3 is 0 Å². The molecule has 0 aliphatic heterocycles. The van der Waals surface area contributed by atoms with E-state index in [1.807, 2.05) is 32.3 Å². The summed E-state index contributed by atoms with van der Waals surface area (Å²) in [7, 11) is 0. The van der Waals surface area contributed by atoms with E-state index in [9.17, 15) is 9.59 Å². The van der Waals surface area contributed by atoms with Crippen LogP contribution in [0.2, 0.25) is 0 Å². The third-order valence-electron chi connectivity index (χ3n) is 2.85. The van der Waals surface area contributed by atoms with Gasteiger partial charge in [-0.2, -0.15) is 0 Å². The number of hydrogen-bond acceptors (Lipinski definition) is 2. The van der Waals surface area contributed by atoms with Crippen LogP contribution in [0, 0.1) is 19.8 Å². The van der Waals surface area contributed by atoms with Gasteiger partial charge in [0, 0.05) is 17.0 Å². The predicted molar refractivity (Wildman–Crippen MR) is 62.4 cm³/mol. The zero-order chi connectivity index (χ0) is 12.5. The molecule has 0 spiro atoms. The van der Waals surface area contributed by atoms with Crippen molar-refractivity contribution in [1.29, 1.82) is 0 Å². The number of aldehydes is 1. The third-order valence-corrected chi connectivity index (χ3v) is 2.85. The molecule has 0 fully saturated rings.